The van der Waals surface area contributed by atoms with Crippen LogP contribution >= 0.6 is 27.5 Å². The van der Waals surface area contributed by atoms with Crippen LogP contribution in [0.4, 0.5) is 22.0 Å². The first-order chi connectivity index (χ1) is 16.7. The lowest BCUT2D eigenvalue weighted by atomic mass is 10.2. The van der Waals surface area contributed by atoms with E-state index in [0.717, 1.165) is 11.4 Å². The van der Waals surface area contributed by atoms with Crippen molar-refractivity contribution in [2.24, 2.45) is 7.05 Å². The maximum atomic E-state index is 13.0. The highest BCUT2D eigenvalue weighted by molar-refractivity contribution is 9.10. The summed E-state index contributed by atoms with van der Waals surface area (Å²) >= 11 is 9.42. The number of carbonyl (C=O) groups excluding carboxylic acids is 3. The summed E-state index contributed by atoms with van der Waals surface area (Å²) in [6.07, 6.45) is -0.862. The average Bonchev–Trinajstić information content (AvgIpc) is 3.05. The second kappa shape index (κ2) is 9.96. The molecule has 1 aliphatic heterocycles. The van der Waals surface area contributed by atoms with Crippen LogP contribution in [0.2, 0.25) is 5.02 Å². The molecule has 0 radical (unpaired) electrons. The molecule has 4 rings (SSSR count). The first-order valence-corrected chi connectivity index (χ1v) is 11.7. The Kier molecular flexibility index (Phi) is 6.99. The van der Waals surface area contributed by atoms with Crippen LogP contribution in [0, 0.1) is 0 Å². The first-order valence-electron chi connectivity index (χ1n) is 10.5. The number of anilines is 3. The van der Waals surface area contributed by atoms with Gasteiger partial charge < -0.3 is 25.2 Å². The number of rotatable bonds is 4. The van der Waals surface area contributed by atoms with Crippen LogP contribution in [0.3, 0.4) is 0 Å². The number of benzene rings is 2. The molecule has 0 saturated carbocycles. The highest BCUT2D eigenvalue weighted by Crippen LogP contribution is 2.33. The van der Waals surface area contributed by atoms with Crippen LogP contribution in [0.5, 0.6) is 5.88 Å². The van der Waals surface area contributed by atoms with E-state index >= 15 is 0 Å². The van der Waals surface area contributed by atoms with Crippen molar-refractivity contribution in [3.8, 4) is 5.88 Å². The molecule has 0 unspecified atom stereocenters. The number of carbonyl (C=O) groups is 3. The number of para-hydroxylation sites is 2. The summed E-state index contributed by atoms with van der Waals surface area (Å²) in [7, 11) is 5.08. The zero-order valence-electron chi connectivity index (χ0n) is 19.1. The van der Waals surface area contributed by atoms with E-state index in [1.54, 1.807) is 38.4 Å². The molecule has 0 saturated heterocycles. The van der Waals surface area contributed by atoms with E-state index in [4.69, 9.17) is 16.3 Å². The summed E-state index contributed by atoms with van der Waals surface area (Å²) in [5.74, 6) is -0.555. The molecule has 2 aromatic carbocycles. The predicted molar refractivity (Wildman–Crippen MR) is 136 cm³/mol. The molecule has 0 bridgehead atoms. The van der Waals surface area contributed by atoms with Gasteiger partial charge in [0.1, 0.15) is 16.3 Å². The Morgan fingerprint density at radius 2 is 1.74 bits per heavy atom. The van der Waals surface area contributed by atoms with Crippen molar-refractivity contribution in [2.75, 3.05) is 35.8 Å². The van der Waals surface area contributed by atoms with Gasteiger partial charge >= 0.3 is 6.09 Å². The number of nitrogens with zero attached hydrogens (tertiary/aromatic N) is 4. The molecule has 1 aromatic heterocycles. The molecule has 3 aromatic rings. The smallest absolute Gasteiger partial charge is 0.388 e. The van der Waals surface area contributed by atoms with Crippen molar-refractivity contribution in [2.45, 2.75) is 6.04 Å². The third-order valence-corrected chi connectivity index (χ3v) is 6.58. The summed E-state index contributed by atoms with van der Waals surface area (Å²) in [6, 6.07) is 13.2. The molecule has 1 aliphatic rings. The number of ether oxygens (including phenoxy) is 1. The quantitative estimate of drug-likeness (QED) is 0.503. The number of hydrogen-bond acceptors (Lipinski definition) is 6. The molecule has 2 N–H and O–H groups in total. The average molecular weight is 562 g/mol. The van der Waals surface area contributed by atoms with Crippen molar-refractivity contribution in [3.05, 3.63) is 63.6 Å². The lowest BCUT2D eigenvalue weighted by Gasteiger charge is -2.21. The summed E-state index contributed by atoms with van der Waals surface area (Å²) in [6.45, 7) is 0.248. The summed E-state index contributed by atoms with van der Waals surface area (Å²) < 4.78 is 6.96. The van der Waals surface area contributed by atoms with Gasteiger partial charge in [-0.25, -0.2) is 9.48 Å². The maximum Gasteiger partial charge on any atom is 0.414 e. The lowest BCUT2D eigenvalue weighted by molar-refractivity contribution is -0.119. The van der Waals surface area contributed by atoms with Crippen molar-refractivity contribution < 1.29 is 19.1 Å². The van der Waals surface area contributed by atoms with Crippen LogP contribution in [0.25, 0.3) is 0 Å². The fourth-order valence-corrected chi connectivity index (χ4v) is 4.47. The van der Waals surface area contributed by atoms with Crippen LogP contribution in [0.1, 0.15) is 10.4 Å². The Bertz CT molecular complexity index is 1310. The minimum Gasteiger partial charge on any atom is -0.388 e. The normalized spacial score (nSPS) is 15.3. The van der Waals surface area contributed by atoms with E-state index < -0.39 is 18.0 Å². The molecule has 35 heavy (non-hydrogen) atoms. The van der Waals surface area contributed by atoms with Gasteiger partial charge in [0.2, 0.25) is 0 Å². The molecule has 3 amide bonds. The Labute approximate surface area is 214 Å². The van der Waals surface area contributed by atoms with E-state index in [9.17, 15) is 14.4 Å². The summed E-state index contributed by atoms with van der Waals surface area (Å²) in [4.78, 5) is 41.7. The molecule has 0 spiro atoms. The van der Waals surface area contributed by atoms with Crippen LogP contribution < -0.4 is 25.2 Å². The van der Waals surface area contributed by atoms with Crippen molar-refractivity contribution in [1.29, 1.82) is 0 Å². The van der Waals surface area contributed by atoms with Crippen LogP contribution in [-0.2, 0) is 11.8 Å². The second-order valence-electron chi connectivity index (χ2n) is 7.88. The minimum atomic E-state index is -0.862. The monoisotopic (exact) mass is 560 g/mol. The maximum absolute atomic E-state index is 13.0. The topological polar surface area (TPSA) is 109 Å². The predicted octanol–water partition coefficient (Wildman–Crippen LogP) is 3.66. The number of likely N-dealkylation sites (N-methyl/N-ethyl adjacent to an activating group) is 2. The number of halogens is 2. The van der Waals surface area contributed by atoms with Crippen molar-refractivity contribution >= 4 is 62.6 Å². The summed E-state index contributed by atoms with van der Waals surface area (Å²) in [5, 5.41) is 9.75. The van der Waals surface area contributed by atoms with Crippen LogP contribution in [0.15, 0.2) is 53.0 Å². The Morgan fingerprint density at radius 3 is 2.46 bits per heavy atom. The van der Waals surface area contributed by atoms with Crippen molar-refractivity contribution in [3.63, 3.8) is 0 Å². The fourth-order valence-electron chi connectivity index (χ4n) is 3.73. The van der Waals surface area contributed by atoms with Gasteiger partial charge in [-0.05, 0) is 40.2 Å². The number of nitrogens with one attached hydrogen (secondary N) is 2. The van der Waals surface area contributed by atoms with E-state index in [0.29, 0.717) is 5.02 Å². The molecular formula is C23H22BrClN6O4. The Balaban J connectivity index is 1.47. The van der Waals surface area contributed by atoms with Gasteiger partial charge in [-0.2, -0.15) is 0 Å². The third-order valence-electron chi connectivity index (χ3n) is 5.53. The number of fused-ring (bicyclic) bond motifs is 1. The molecule has 0 aliphatic carbocycles. The molecule has 12 heteroatoms. The number of amides is 3. The Morgan fingerprint density at radius 1 is 1.09 bits per heavy atom. The fraction of sp³-hybridized carbons (Fsp3) is 0.217. The highest BCUT2D eigenvalue weighted by atomic mass is 79.9. The van der Waals surface area contributed by atoms with E-state index in [-0.39, 0.29) is 34.2 Å². The molecular weight excluding hydrogens is 540 g/mol. The lowest BCUT2D eigenvalue weighted by Crippen LogP contribution is -2.51. The number of aryl methyl sites for hydroxylation is 1. The van der Waals surface area contributed by atoms with Crippen LogP contribution in [-0.4, -0.2) is 54.4 Å². The van der Waals surface area contributed by atoms with E-state index in [2.05, 4.69) is 31.7 Å². The highest BCUT2D eigenvalue weighted by Gasteiger charge is 2.32. The SMILES string of the molecule is CN1C[C@@H](NC(=O)Oc2nn(C)c(NC(=O)c3ccccc3Cl)c2Br)C(=O)N(C)c2ccccc21. The molecule has 0 fully saturated rings. The first kappa shape index (κ1) is 24.6. The molecule has 2 heterocycles. The molecule has 10 nitrogen and oxygen atoms in total. The van der Waals surface area contributed by atoms with Crippen molar-refractivity contribution in [1.82, 2.24) is 15.1 Å². The van der Waals surface area contributed by atoms with Gasteiger partial charge in [0.25, 0.3) is 17.7 Å². The standard InChI is InChI=1S/C23H22BrClN6O4/c1-29-12-15(22(33)30(2)17-11-7-6-10-16(17)29)26-23(34)35-21-18(24)19(31(3)28-21)27-20(32)13-8-4-5-9-14(13)25/h4-11,15H,12H2,1-3H3,(H,26,34)(H,27,32)/t15-/m1/s1. The van der Waals surface area contributed by atoms with Gasteiger partial charge in [-0.3, -0.25) is 9.59 Å². The third kappa shape index (κ3) is 4.96. The Hall–Kier alpha value is -3.57. The number of aromatic nitrogens is 2. The van der Waals surface area contributed by atoms with E-state index in [1.165, 1.54) is 9.58 Å². The zero-order valence-corrected chi connectivity index (χ0v) is 21.4. The van der Waals surface area contributed by atoms with Gasteiger partial charge in [0, 0.05) is 27.7 Å². The van der Waals surface area contributed by atoms with Gasteiger partial charge in [-0.1, -0.05) is 35.9 Å². The van der Waals surface area contributed by atoms with Gasteiger partial charge in [-0.15, -0.1) is 5.10 Å². The molecule has 182 valence electrons. The largest absolute Gasteiger partial charge is 0.414 e. The summed E-state index contributed by atoms with van der Waals surface area (Å²) in [5.41, 5.74) is 1.89. The van der Waals surface area contributed by atoms with Gasteiger partial charge in [0.05, 0.1) is 22.0 Å². The van der Waals surface area contributed by atoms with Gasteiger partial charge in [0.15, 0.2) is 0 Å². The molecule has 1 atom stereocenters. The number of hydrogen-bond donors (Lipinski definition) is 2. The van der Waals surface area contributed by atoms with E-state index in [1.807, 2.05) is 36.2 Å². The zero-order chi connectivity index (χ0) is 25.3. The second-order valence-corrected chi connectivity index (χ2v) is 9.08. The minimum absolute atomic E-state index is 0.0782.